The normalized spacial score (nSPS) is 11.9. The molecule has 88 valence electrons. The van der Waals surface area contributed by atoms with E-state index in [-0.39, 0.29) is 5.91 Å². The molecule has 0 aliphatic carbocycles. The standard InChI is InChI=1S/C12H18N2O2/c1-3-16-11-6-4-10(5-7-11)8-14-12(15)9(2)13/h4-7,9H,3,8,13H2,1-2H3,(H,14,15)/t9-/m1/s1. The molecule has 0 unspecified atom stereocenters. The zero-order chi connectivity index (χ0) is 12.0. The van der Waals surface area contributed by atoms with E-state index >= 15 is 0 Å². The molecule has 3 N–H and O–H groups in total. The summed E-state index contributed by atoms with van der Waals surface area (Å²) in [6.45, 7) is 4.75. The van der Waals surface area contributed by atoms with Gasteiger partial charge in [0, 0.05) is 6.54 Å². The van der Waals surface area contributed by atoms with E-state index in [1.54, 1.807) is 6.92 Å². The van der Waals surface area contributed by atoms with Gasteiger partial charge < -0.3 is 15.8 Å². The maximum atomic E-state index is 11.2. The van der Waals surface area contributed by atoms with Crippen molar-refractivity contribution >= 4 is 5.91 Å². The minimum atomic E-state index is -0.470. The molecule has 1 rings (SSSR count). The Hall–Kier alpha value is -1.55. The Balaban J connectivity index is 2.46. The molecule has 0 saturated carbocycles. The largest absolute Gasteiger partial charge is 0.494 e. The summed E-state index contributed by atoms with van der Waals surface area (Å²) in [6, 6.07) is 7.15. The van der Waals surface area contributed by atoms with Crippen molar-refractivity contribution < 1.29 is 9.53 Å². The van der Waals surface area contributed by atoms with Crippen molar-refractivity contribution in [3.05, 3.63) is 29.8 Å². The van der Waals surface area contributed by atoms with Gasteiger partial charge in [-0.3, -0.25) is 4.79 Å². The zero-order valence-electron chi connectivity index (χ0n) is 9.69. The summed E-state index contributed by atoms with van der Waals surface area (Å²) in [7, 11) is 0. The lowest BCUT2D eigenvalue weighted by Gasteiger charge is -2.08. The fourth-order valence-electron chi connectivity index (χ4n) is 1.22. The minimum absolute atomic E-state index is 0.145. The summed E-state index contributed by atoms with van der Waals surface area (Å²) < 4.78 is 5.32. The smallest absolute Gasteiger partial charge is 0.236 e. The Morgan fingerprint density at radius 3 is 2.56 bits per heavy atom. The third-order valence-corrected chi connectivity index (χ3v) is 2.11. The molecule has 0 aromatic heterocycles. The van der Waals surface area contributed by atoms with Gasteiger partial charge in [-0.2, -0.15) is 0 Å². The molecule has 0 spiro atoms. The van der Waals surface area contributed by atoms with Crippen molar-refractivity contribution in [3.8, 4) is 5.75 Å². The first-order chi connectivity index (χ1) is 7.63. The van der Waals surface area contributed by atoms with Crippen molar-refractivity contribution in [2.45, 2.75) is 26.4 Å². The maximum Gasteiger partial charge on any atom is 0.236 e. The Morgan fingerprint density at radius 1 is 1.44 bits per heavy atom. The van der Waals surface area contributed by atoms with Gasteiger partial charge in [-0.05, 0) is 31.5 Å². The number of rotatable bonds is 5. The van der Waals surface area contributed by atoms with E-state index in [2.05, 4.69) is 5.32 Å². The van der Waals surface area contributed by atoms with Gasteiger partial charge in [0.25, 0.3) is 0 Å². The molecule has 1 aromatic carbocycles. The van der Waals surface area contributed by atoms with E-state index in [9.17, 15) is 4.79 Å². The number of carbonyl (C=O) groups is 1. The zero-order valence-corrected chi connectivity index (χ0v) is 9.69. The lowest BCUT2D eigenvalue weighted by molar-refractivity contribution is -0.122. The van der Waals surface area contributed by atoms with Crippen LogP contribution in [0.15, 0.2) is 24.3 Å². The summed E-state index contributed by atoms with van der Waals surface area (Å²) in [5.74, 6) is 0.693. The predicted molar refractivity (Wildman–Crippen MR) is 63.1 cm³/mol. The summed E-state index contributed by atoms with van der Waals surface area (Å²) in [5, 5.41) is 2.75. The Kier molecular flexibility index (Phi) is 4.79. The number of carbonyl (C=O) groups excluding carboxylic acids is 1. The molecule has 1 atom stereocenters. The summed E-state index contributed by atoms with van der Waals surface area (Å²) in [4.78, 5) is 11.2. The second kappa shape index (κ2) is 6.12. The number of nitrogens with two attached hydrogens (primary N) is 1. The van der Waals surface area contributed by atoms with Crippen molar-refractivity contribution in [1.82, 2.24) is 5.32 Å². The van der Waals surface area contributed by atoms with Crippen molar-refractivity contribution in [2.75, 3.05) is 6.61 Å². The molecule has 0 bridgehead atoms. The van der Waals surface area contributed by atoms with Crippen LogP contribution in [0.5, 0.6) is 5.75 Å². The fraction of sp³-hybridized carbons (Fsp3) is 0.417. The summed E-state index contributed by atoms with van der Waals surface area (Å²) in [6.07, 6.45) is 0. The Morgan fingerprint density at radius 2 is 2.06 bits per heavy atom. The average molecular weight is 222 g/mol. The first-order valence-electron chi connectivity index (χ1n) is 5.38. The summed E-state index contributed by atoms with van der Waals surface area (Å²) in [5.41, 5.74) is 6.46. The van der Waals surface area contributed by atoms with Crippen molar-refractivity contribution in [3.63, 3.8) is 0 Å². The van der Waals surface area contributed by atoms with Gasteiger partial charge >= 0.3 is 0 Å². The number of hydrogen-bond acceptors (Lipinski definition) is 3. The van der Waals surface area contributed by atoms with E-state index in [4.69, 9.17) is 10.5 Å². The molecule has 1 aromatic rings. The van der Waals surface area contributed by atoms with Gasteiger partial charge in [-0.15, -0.1) is 0 Å². The lowest BCUT2D eigenvalue weighted by Crippen LogP contribution is -2.37. The summed E-state index contributed by atoms with van der Waals surface area (Å²) >= 11 is 0. The van der Waals surface area contributed by atoms with Crippen LogP contribution in [0.2, 0.25) is 0 Å². The highest BCUT2D eigenvalue weighted by Crippen LogP contribution is 2.11. The second-order valence-electron chi connectivity index (χ2n) is 3.58. The Labute approximate surface area is 95.8 Å². The van der Waals surface area contributed by atoms with Crippen LogP contribution in [-0.2, 0) is 11.3 Å². The van der Waals surface area contributed by atoms with Crippen molar-refractivity contribution in [1.29, 1.82) is 0 Å². The number of hydrogen-bond donors (Lipinski definition) is 2. The topological polar surface area (TPSA) is 64.3 Å². The first kappa shape index (κ1) is 12.5. The monoisotopic (exact) mass is 222 g/mol. The van der Waals surface area contributed by atoms with Crippen LogP contribution in [0.3, 0.4) is 0 Å². The van der Waals surface area contributed by atoms with E-state index < -0.39 is 6.04 Å². The van der Waals surface area contributed by atoms with E-state index in [1.807, 2.05) is 31.2 Å². The van der Waals surface area contributed by atoms with E-state index in [1.165, 1.54) is 0 Å². The number of benzene rings is 1. The molecule has 0 fully saturated rings. The first-order valence-corrected chi connectivity index (χ1v) is 5.38. The lowest BCUT2D eigenvalue weighted by atomic mass is 10.2. The van der Waals surface area contributed by atoms with Gasteiger partial charge in [0.15, 0.2) is 0 Å². The van der Waals surface area contributed by atoms with Crippen LogP contribution >= 0.6 is 0 Å². The second-order valence-corrected chi connectivity index (χ2v) is 3.58. The highest BCUT2D eigenvalue weighted by Gasteiger charge is 2.05. The van der Waals surface area contributed by atoms with Gasteiger partial charge in [-0.1, -0.05) is 12.1 Å². The van der Waals surface area contributed by atoms with Crippen LogP contribution in [-0.4, -0.2) is 18.6 Å². The van der Waals surface area contributed by atoms with Gasteiger partial charge in [0.2, 0.25) is 5.91 Å². The molecule has 0 aliphatic heterocycles. The van der Waals surface area contributed by atoms with Gasteiger partial charge in [0.1, 0.15) is 5.75 Å². The molecule has 1 amide bonds. The number of amides is 1. The average Bonchev–Trinajstić information content (AvgIpc) is 2.28. The predicted octanol–water partition coefficient (Wildman–Crippen LogP) is 1.05. The molecular formula is C12H18N2O2. The molecule has 0 saturated heterocycles. The van der Waals surface area contributed by atoms with Crippen LogP contribution in [0, 0.1) is 0 Å². The third-order valence-electron chi connectivity index (χ3n) is 2.11. The van der Waals surface area contributed by atoms with Gasteiger partial charge in [-0.25, -0.2) is 0 Å². The third kappa shape index (κ3) is 3.90. The van der Waals surface area contributed by atoms with Crippen LogP contribution in [0.25, 0.3) is 0 Å². The van der Waals surface area contributed by atoms with Crippen molar-refractivity contribution in [2.24, 2.45) is 5.73 Å². The SMILES string of the molecule is CCOc1ccc(CNC(=O)[C@@H](C)N)cc1. The van der Waals surface area contributed by atoms with E-state index in [0.29, 0.717) is 13.2 Å². The minimum Gasteiger partial charge on any atom is -0.494 e. The molecule has 0 radical (unpaired) electrons. The fourth-order valence-corrected chi connectivity index (χ4v) is 1.22. The molecule has 4 heteroatoms. The van der Waals surface area contributed by atoms with Crippen LogP contribution < -0.4 is 15.8 Å². The molecule has 16 heavy (non-hydrogen) atoms. The highest BCUT2D eigenvalue weighted by atomic mass is 16.5. The number of nitrogens with one attached hydrogen (secondary N) is 1. The van der Waals surface area contributed by atoms with E-state index in [0.717, 1.165) is 11.3 Å². The van der Waals surface area contributed by atoms with Crippen LogP contribution in [0.1, 0.15) is 19.4 Å². The molecular weight excluding hydrogens is 204 g/mol. The molecule has 4 nitrogen and oxygen atoms in total. The number of ether oxygens (including phenoxy) is 1. The molecule has 0 heterocycles. The Bertz CT molecular complexity index is 333. The molecule has 0 aliphatic rings. The van der Waals surface area contributed by atoms with Crippen LogP contribution in [0.4, 0.5) is 0 Å². The van der Waals surface area contributed by atoms with Gasteiger partial charge in [0.05, 0.1) is 12.6 Å². The maximum absolute atomic E-state index is 11.2. The quantitative estimate of drug-likeness (QED) is 0.782. The highest BCUT2D eigenvalue weighted by molar-refractivity contribution is 5.80.